The van der Waals surface area contributed by atoms with Crippen molar-refractivity contribution in [3.8, 4) is 0 Å². The molecule has 1 N–H and O–H groups in total. The van der Waals surface area contributed by atoms with Gasteiger partial charge in [-0.25, -0.2) is 9.78 Å². The van der Waals surface area contributed by atoms with Crippen molar-refractivity contribution in [2.45, 2.75) is 35.1 Å². The van der Waals surface area contributed by atoms with Gasteiger partial charge in [0.25, 0.3) is 0 Å². The lowest BCUT2D eigenvalue weighted by atomic mass is 10.1. The lowest BCUT2D eigenvalue weighted by Crippen LogP contribution is -2.04. The maximum absolute atomic E-state index is 12.4. The van der Waals surface area contributed by atoms with Gasteiger partial charge < -0.3 is 9.72 Å². The molecule has 0 aliphatic heterocycles. The number of hydrogen-bond acceptors (Lipinski definition) is 6. The molecule has 2 aromatic heterocycles. The number of H-pyrrole nitrogens is 1. The molecule has 3 rings (SSSR count). The molecule has 0 aliphatic carbocycles. The molecule has 0 amide bonds. The number of nitrogens with zero attached hydrogens (tertiary/aromatic N) is 1. The molecule has 3 aromatic rings. The first-order valence-electron chi connectivity index (χ1n) is 8.30. The molecule has 0 fully saturated rings. The molecule has 0 saturated heterocycles. The number of nitrogens with one attached hydrogen (secondary N) is 1. The fraction of sp³-hybridized carbons (Fsp3) is 0.350. The largest absolute Gasteiger partial charge is 0.464 e. The highest BCUT2D eigenvalue weighted by molar-refractivity contribution is 7.79. The molecule has 0 radical (unpaired) electrons. The Kier molecular flexibility index (Phi) is 15.0. The number of para-hydroxylation sites is 1. The van der Waals surface area contributed by atoms with Crippen molar-refractivity contribution in [2.24, 2.45) is 0 Å². The Morgan fingerprint density at radius 1 is 1.11 bits per heavy atom. The summed E-state index contributed by atoms with van der Waals surface area (Å²) in [4.78, 5) is 30.8. The summed E-state index contributed by atoms with van der Waals surface area (Å²) in [6, 6.07) is 7.53. The van der Waals surface area contributed by atoms with Crippen molar-refractivity contribution in [1.29, 1.82) is 0 Å². The second-order valence-electron chi connectivity index (χ2n) is 4.11. The van der Waals surface area contributed by atoms with E-state index in [9.17, 15) is 9.59 Å². The van der Waals surface area contributed by atoms with Gasteiger partial charge in [-0.2, -0.15) is 12.6 Å². The van der Waals surface area contributed by atoms with E-state index in [2.05, 4.69) is 27.3 Å². The van der Waals surface area contributed by atoms with Gasteiger partial charge in [-0.3, -0.25) is 4.79 Å². The minimum atomic E-state index is -0.542. The molecule has 27 heavy (non-hydrogen) atoms. The minimum Gasteiger partial charge on any atom is -0.464 e. The van der Waals surface area contributed by atoms with E-state index in [1.54, 1.807) is 12.5 Å². The van der Waals surface area contributed by atoms with E-state index in [0.717, 1.165) is 22.2 Å². The monoisotopic (exact) mass is 410 g/mol. The van der Waals surface area contributed by atoms with Crippen molar-refractivity contribution >= 4 is 46.6 Å². The summed E-state index contributed by atoms with van der Waals surface area (Å²) in [5, 5.41) is 2.64. The van der Waals surface area contributed by atoms with Crippen LogP contribution >= 0.6 is 24.0 Å². The molecule has 0 saturated carbocycles. The smallest absolute Gasteiger partial charge is 0.357 e. The van der Waals surface area contributed by atoms with Crippen LogP contribution in [0.5, 0.6) is 0 Å². The van der Waals surface area contributed by atoms with E-state index in [1.165, 1.54) is 12.5 Å². The molecule has 2 heterocycles. The highest BCUT2D eigenvalue weighted by Gasteiger charge is 2.19. The molecule has 0 atom stereocenters. The van der Waals surface area contributed by atoms with E-state index in [1.807, 2.05) is 52.0 Å². The van der Waals surface area contributed by atoms with Crippen LogP contribution < -0.4 is 0 Å². The number of ketones is 1. The standard InChI is InChI=1S/C14H10N2O3S.2C2H6.CH4S.CH4/c1-19-14(18)11-7-20-13(16-11)12(17)9-6-15-10-5-3-2-4-8(9)10;3*1-2;/h2-7,15H,1H3;2*1-2H3;2H,1H3;1H4. The van der Waals surface area contributed by atoms with Gasteiger partial charge in [0, 0.05) is 22.5 Å². The van der Waals surface area contributed by atoms with Crippen molar-refractivity contribution in [2.75, 3.05) is 13.4 Å². The van der Waals surface area contributed by atoms with E-state index in [-0.39, 0.29) is 23.9 Å². The fourth-order valence-electron chi connectivity index (χ4n) is 1.95. The van der Waals surface area contributed by atoms with Crippen LogP contribution in [0, 0.1) is 0 Å². The fourth-order valence-corrected chi connectivity index (χ4v) is 2.69. The molecule has 0 spiro atoms. The van der Waals surface area contributed by atoms with Gasteiger partial charge in [-0.15, -0.1) is 11.3 Å². The number of thiazole rings is 1. The van der Waals surface area contributed by atoms with Crippen LogP contribution in [0.2, 0.25) is 0 Å². The number of aromatic amines is 1. The third-order valence-corrected chi connectivity index (χ3v) is 3.77. The first-order chi connectivity index (χ1) is 12.7. The lowest BCUT2D eigenvalue weighted by Gasteiger charge is -1.95. The number of carbonyl (C=O) groups is 2. The van der Waals surface area contributed by atoms with Gasteiger partial charge in [0.1, 0.15) is 0 Å². The second kappa shape index (κ2) is 15.0. The molecule has 1 aromatic carbocycles. The van der Waals surface area contributed by atoms with Crippen molar-refractivity contribution in [3.63, 3.8) is 0 Å². The Bertz CT molecular complexity index is 810. The SMILES string of the molecule is C.CC.CC.COC(=O)c1csc(C(=O)c2c[nH]c3ccccc23)n1.CS. The minimum absolute atomic E-state index is 0. The number of fused-ring (bicyclic) bond motifs is 1. The Morgan fingerprint density at radius 2 is 1.70 bits per heavy atom. The van der Waals surface area contributed by atoms with Gasteiger partial charge in [-0.1, -0.05) is 53.3 Å². The summed E-state index contributed by atoms with van der Waals surface area (Å²) < 4.78 is 4.58. The van der Waals surface area contributed by atoms with Crippen LogP contribution in [0.15, 0.2) is 35.8 Å². The van der Waals surface area contributed by atoms with E-state index in [4.69, 9.17) is 0 Å². The number of carbonyl (C=O) groups excluding carboxylic acids is 2. The normalized spacial score (nSPS) is 8.56. The van der Waals surface area contributed by atoms with Crippen LogP contribution in [0.3, 0.4) is 0 Å². The number of benzene rings is 1. The topological polar surface area (TPSA) is 72.1 Å². The zero-order valence-corrected chi connectivity index (χ0v) is 17.7. The summed E-state index contributed by atoms with van der Waals surface area (Å²) in [5.74, 6) is -0.748. The Labute approximate surface area is 171 Å². The van der Waals surface area contributed by atoms with Crippen molar-refractivity contribution < 1.29 is 14.3 Å². The van der Waals surface area contributed by atoms with Crippen LogP contribution in [-0.2, 0) is 4.74 Å². The predicted molar refractivity (Wildman–Crippen MR) is 120 cm³/mol. The molecule has 0 aliphatic rings. The first kappa shape index (κ1) is 27.1. The zero-order valence-electron chi connectivity index (χ0n) is 16.0. The number of hydrogen-bond donors (Lipinski definition) is 2. The van der Waals surface area contributed by atoms with Crippen molar-refractivity contribution in [3.05, 3.63) is 52.1 Å². The highest BCUT2D eigenvalue weighted by atomic mass is 32.1. The number of methoxy groups -OCH3 is 1. The quantitative estimate of drug-likeness (QED) is 0.321. The summed E-state index contributed by atoms with van der Waals surface area (Å²) in [5.41, 5.74) is 1.59. The Hall–Kier alpha value is -2.12. The molecule has 0 unspecified atom stereocenters. The highest BCUT2D eigenvalue weighted by Crippen LogP contribution is 2.22. The number of aromatic nitrogens is 2. The third kappa shape index (κ3) is 6.84. The van der Waals surface area contributed by atoms with E-state index in [0.29, 0.717) is 5.56 Å². The average Bonchev–Trinajstić information content (AvgIpc) is 3.39. The van der Waals surface area contributed by atoms with Crippen LogP contribution in [0.25, 0.3) is 10.9 Å². The van der Waals surface area contributed by atoms with Gasteiger partial charge >= 0.3 is 5.97 Å². The summed E-state index contributed by atoms with van der Waals surface area (Å²) >= 11 is 4.66. The lowest BCUT2D eigenvalue weighted by molar-refractivity contribution is 0.0595. The molecule has 5 nitrogen and oxygen atoms in total. The number of thiol groups is 1. The number of esters is 1. The molecular formula is C20H30N2O3S2. The summed E-state index contributed by atoms with van der Waals surface area (Å²) in [6.45, 7) is 8.00. The average molecular weight is 411 g/mol. The molecule has 7 heteroatoms. The van der Waals surface area contributed by atoms with E-state index < -0.39 is 5.97 Å². The van der Waals surface area contributed by atoms with Crippen LogP contribution in [0.4, 0.5) is 0 Å². The maximum atomic E-state index is 12.4. The first-order valence-corrected chi connectivity index (χ1v) is 10.1. The third-order valence-electron chi connectivity index (χ3n) is 2.93. The van der Waals surface area contributed by atoms with Gasteiger partial charge in [0.15, 0.2) is 10.7 Å². The summed E-state index contributed by atoms with van der Waals surface area (Å²) in [6.07, 6.45) is 3.35. The van der Waals surface area contributed by atoms with Crippen LogP contribution in [0.1, 0.15) is 61.0 Å². The van der Waals surface area contributed by atoms with Crippen molar-refractivity contribution in [1.82, 2.24) is 9.97 Å². The second-order valence-corrected chi connectivity index (χ2v) is 4.96. The molecule has 0 bridgehead atoms. The van der Waals surface area contributed by atoms with Gasteiger partial charge in [0.2, 0.25) is 5.78 Å². The van der Waals surface area contributed by atoms with E-state index >= 15 is 0 Å². The summed E-state index contributed by atoms with van der Waals surface area (Å²) in [7, 11) is 1.28. The Morgan fingerprint density at radius 3 is 2.30 bits per heavy atom. The zero-order chi connectivity index (χ0) is 20.1. The number of ether oxygens (including phenoxy) is 1. The van der Waals surface area contributed by atoms with Crippen LogP contribution in [-0.4, -0.2) is 35.1 Å². The van der Waals surface area contributed by atoms with Gasteiger partial charge in [0.05, 0.1) is 12.7 Å². The predicted octanol–water partition coefficient (Wildman–Crippen LogP) is 5.88. The molecule has 150 valence electrons. The number of rotatable bonds is 3. The Balaban J connectivity index is 0. The maximum Gasteiger partial charge on any atom is 0.357 e. The van der Waals surface area contributed by atoms with Gasteiger partial charge in [-0.05, 0) is 12.3 Å². The molecular weight excluding hydrogens is 380 g/mol.